The summed E-state index contributed by atoms with van der Waals surface area (Å²) in [5.41, 5.74) is 0. The molecule has 0 radical (unpaired) electrons. The molecule has 94 valence electrons. The minimum Gasteiger partial charge on any atom is -0.481 e. The summed E-state index contributed by atoms with van der Waals surface area (Å²) in [5, 5.41) is 20.5. The van der Waals surface area contributed by atoms with E-state index in [-0.39, 0.29) is 12.5 Å². The van der Waals surface area contributed by atoms with Gasteiger partial charge in [-0.2, -0.15) is 0 Å². The summed E-state index contributed by atoms with van der Waals surface area (Å²) in [6, 6.07) is -0.181. The molecule has 1 aromatic rings. The summed E-state index contributed by atoms with van der Waals surface area (Å²) < 4.78 is 1.68. The van der Waals surface area contributed by atoms with E-state index in [4.69, 9.17) is 5.11 Å². The molecule has 0 aromatic carbocycles. The maximum absolute atomic E-state index is 10.7. The van der Waals surface area contributed by atoms with Gasteiger partial charge in [-0.25, -0.2) is 4.68 Å². The third-order valence-corrected chi connectivity index (χ3v) is 3.38. The van der Waals surface area contributed by atoms with E-state index in [2.05, 4.69) is 15.5 Å². The quantitative estimate of drug-likeness (QED) is 0.864. The van der Waals surface area contributed by atoms with Crippen molar-refractivity contribution in [1.82, 2.24) is 20.2 Å². The van der Waals surface area contributed by atoms with Crippen LogP contribution in [0.25, 0.3) is 0 Å². The molecular weight excluding hydrogens is 220 g/mol. The number of hydrogen-bond donors (Lipinski definition) is 1. The lowest BCUT2D eigenvalue weighted by Gasteiger charge is -2.22. The number of carboxylic acid groups (broad SMARTS) is 1. The number of tetrazole rings is 1. The Morgan fingerprint density at radius 2 is 2.18 bits per heavy atom. The Morgan fingerprint density at radius 1 is 1.47 bits per heavy atom. The van der Waals surface area contributed by atoms with E-state index in [1.54, 1.807) is 4.68 Å². The number of carbonyl (C=O) groups is 1. The largest absolute Gasteiger partial charge is 0.481 e. The fourth-order valence-electron chi connectivity index (χ4n) is 2.48. The van der Waals surface area contributed by atoms with Gasteiger partial charge in [0, 0.05) is 5.92 Å². The van der Waals surface area contributed by atoms with Crippen LogP contribution in [0.5, 0.6) is 0 Å². The van der Waals surface area contributed by atoms with Crippen molar-refractivity contribution in [2.24, 2.45) is 0 Å². The van der Waals surface area contributed by atoms with Crippen molar-refractivity contribution in [2.45, 2.75) is 57.4 Å². The molecule has 0 aliphatic heterocycles. The van der Waals surface area contributed by atoms with Crippen LogP contribution in [0.2, 0.25) is 0 Å². The van der Waals surface area contributed by atoms with E-state index >= 15 is 0 Å². The van der Waals surface area contributed by atoms with Crippen LogP contribution < -0.4 is 0 Å². The minimum atomic E-state index is -0.817. The van der Waals surface area contributed by atoms with Gasteiger partial charge >= 0.3 is 5.97 Å². The van der Waals surface area contributed by atoms with Crippen LogP contribution in [-0.2, 0) is 4.79 Å². The second kappa shape index (κ2) is 5.25. The predicted octanol–water partition coefficient (Wildman–Crippen LogP) is 1.76. The van der Waals surface area contributed by atoms with Crippen LogP contribution >= 0.6 is 0 Å². The number of carboxylic acids is 1. The summed E-state index contributed by atoms with van der Waals surface area (Å²) in [6.45, 7) is 1.84. The van der Waals surface area contributed by atoms with Gasteiger partial charge in [0.25, 0.3) is 0 Å². The second-order valence-electron chi connectivity index (χ2n) is 4.76. The van der Waals surface area contributed by atoms with Gasteiger partial charge < -0.3 is 5.11 Å². The fourth-order valence-corrected chi connectivity index (χ4v) is 2.48. The molecule has 1 fully saturated rings. The number of hydrogen-bond acceptors (Lipinski definition) is 4. The highest BCUT2D eigenvalue weighted by molar-refractivity contribution is 5.67. The fraction of sp³-hybridized carbons (Fsp3) is 0.818. The van der Waals surface area contributed by atoms with Crippen LogP contribution in [0.1, 0.15) is 63.2 Å². The zero-order valence-corrected chi connectivity index (χ0v) is 10.0. The average molecular weight is 238 g/mol. The van der Waals surface area contributed by atoms with Gasteiger partial charge in [-0.15, -0.1) is 5.10 Å². The van der Waals surface area contributed by atoms with Crippen molar-refractivity contribution in [1.29, 1.82) is 0 Å². The molecular formula is C11H18N4O2. The number of nitrogens with zero attached hydrogens (tertiary/aromatic N) is 4. The SMILES string of the molecule is CC(CC(=O)O)n1nnnc1C1CCCCC1. The van der Waals surface area contributed by atoms with Crippen LogP contribution in [0.3, 0.4) is 0 Å². The summed E-state index contributed by atoms with van der Waals surface area (Å²) in [6.07, 6.45) is 5.99. The molecule has 6 heteroatoms. The molecule has 1 saturated carbocycles. The van der Waals surface area contributed by atoms with Crippen molar-refractivity contribution < 1.29 is 9.90 Å². The van der Waals surface area contributed by atoms with Crippen molar-refractivity contribution in [3.63, 3.8) is 0 Å². The summed E-state index contributed by atoms with van der Waals surface area (Å²) in [4.78, 5) is 10.7. The van der Waals surface area contributed by atoms with Crippen LogP contribution in [-0.4, -0.2) is 31.3 Å². The summed E-state index contributed by atoms with van der Waals surface area (Å²) in [7, 11) is 0. The van der Waals surface area contributed by atoms with Gasteiger partial charge in [0.15, 0.2) is 5.82 Å². The van der Waals surface area contributed by atoms with Crippen molar-refractivity contribution >= 4 is 5.97 Å². The van der Waals surface area contributed by atoms with Crippen molar-refractivity contribution in [2.75, 3.05) is 0 Å². The molecule has 6 nitrogen and oxygen atoms in total. The number of aliphatic carboxylic acids is 1. The molecule has 17 heavy (non-hydrogen) atoms. The lowest BCUT2D eigenvalue weighted by molar-refractivity contribution is -0.137. The highest BCUT2D eigenvalue weighted by atomic mass is 16.4. The smallest absolute Gasteiger partial charge is 0.305 e. The standard InChI is InChI=1S/C11H18N4O2/c1-8(7-10(16)17)15-11(12-13-14-15)9-5-3-2-4-6-9/h8-9H,2-7H2,1H3,(H,16,17). The Kier molecular flexibility index (Phi) is 3.71. The molecule has 1 aliphatic rings. The highest BCUT2D eigenvalue weighted by Gasteiger charge is 2.24. The molecule has 2 rings (SSSR count). The molecule has 1 unspecified atom stereocenters. The van der Waals surface area contributed by atoms with E-state index in [1.165, 1.54) is 19.3 Å². The molecule has 0 amide bonds. The van der Waals surface area contributed by atoms with Gasteiger partial charge in [-0.05, 0) is 30.2 Å². The molecule has 1 aliphatic carbocycles. The van der Waals surface area contributed by atoms with E-state index in [0.29, 0.717) is 5.92 Å². The van der Waals surface area contributed by atoms with Crippen molar-refractivity contribution in [3.8, 4) is 0 Å². The zero-order valence-electron chi connectivity index (χ0n) is 10.0. The second-order valence-corrected chi connectivity index (χ2v) is 4.76. The maximum atomic E-state index is 10.7. The third-order valence-electron chi connectivity index (χ3n) is 3.38. The monoisotopic (exact) mass is 238 g/mol. The number of rotatable bonds is 4. The lowest BCUT2D eigenvalue weighted by atomic mass is 9.88. The topological polar surface area (TPSA) is 80.9 Å². The first-order chi connectivity index (χ1) is 8.18. The van der Waals surface area contributed by atoms with E-state index in [1.807, 2.05) is 6.92 Å². The average Bonchev–Trinajstić information content (AvgIpc) is 2.78. The molecule has 0 spiro atoms. The van der Waals surface area contributed by atoms with E-state index in [9.17, 15) is 4.79 Å². The third kappa shape index (κ3) is 2.81. The Balaban J connectivity index is 2.12. The first-order valence-corrected chi connectivity index (χ1v) is 6.18. The Labute approximate surface area is 100 Å². The molecule has 1 aromatic heterocycles. The summed E-state index contributed by atoms with van der Waals surface area (Å²) >= 11 is 0. The van der Waals surface area contributed by atoms with Crippen LogP contribution in [0.15, 0.2) is 0 Å². The van der Waals surface area contributed by atoms with Gasteiger partial charge in [-0.3, -0.25) is 4.79 Å². The van der Waals surface area contributed by atoms with Gasteiger partial charge in [0.1, 0.15) is 0 Å². The van der Waals surface area contributed by atoms with Gasteiger partial charge in [0.2, 0.25) is 0 Å². The predicted molar refractivity (Wildman–Crippen MR) is 60.6 cm³/mol. The lowest BCUT2D eigenvalue weighted by Crippen LogP contribution is -2.18. The van der Waals surface area contributed by atoms with E-state index in [0.717, 1.165) is 18.7 Å². The Bertz CT molecular complexity index is 385. The van der Waals surface area contributed by atoms with Crippen LogP contribution in [0, 0.1) is 0 Å². The molecule has 1 N–H and O–H groups in total. The molecule has 1 heterocycles. The minimum absolute atomic E-state index is 0.0603. The first-order valence-electron chi connectivity index (χ1n) is 6.18. The first kappa shape index (κ1) is 12.0. The zero-order chi connectivity index (χ0) is 12.3. The maximum Gasteiger partial charge on any atom is 0.305 e. The van der Waals surface area contributed by atoms with Gasteiger partial charge in [0.05, 0.1) is 12.5 Å². The van der Waals surface area contributed by atoms with Crippen LogP contribution in [0.4, 0.5) is 0 Å². The van der Waals surface area contributed by atoms with E-state index < -0.39 is 5.97 Å². The summed E-state index contributed by atoms with van der Waals surface area (Å²) in [5.74, 6) is 0.441. The van der Waals surface area contributed by atoms with Crippen molar-refractivity contribution in [3.05, 3.63) is 5.82 Å². The molecule has 0 bridgehead atoms. The highest BCUT2D eigenvalue weighted by Crippen LogP contribution is 2.32. The Morgan fingerprint density at radius 3 is 2.82 bits per heavy atom. The normalized spacial score (nSPS) is 19.1. The Hall–Kier alpha value is -1.46. The molecule has 0 saturated heterocycles. The van der Waals surface area contributed by atoms with Gasteiger partial charge in [-0.1, -0.05) is 19.3 Å². The molecule has 1 atom stereocenters. The number of aromatic nitrogens is 4.